The number of benzene rings is 3. The molecule has 3 aromatic heterocycles. The van der Waals surface area contributed by atoms with Gasteiger partial charge in [0.25, 0.3) is 6.33 Å². The first-order chi connectivity index (χ1) is 18.6. The van der Waals surface area contributed by atoms with Crippen molar-refractivity contribution in [2.45, 2.75) is 12.3 Å². The number of pyridine rings is 1. The van der Waals surface area contributed by atoms with Crippen LogP contribution in [0.4, 0.5) is 5.69 Å². The summed E-state index contributed by atoms with van der Waals surface area (Å²) in [5, 5.41) is 22.1. The van der Waals surface area contributed by atoms with Gasteiger partial charge in [0.05, 0.1) is 23.3 Å². The number of hydrogen-bond donors (Lipinski definition) is 3. The summed E-state index contributed by atoms with van der Waals surface area (Å²) in [7, 11) is 0. The van der Waals surface area contributed by atoms with Crippen LogP contribution >= 0.6 is 11.6 Å². The van der Waals surface area contributed by atoms with Gasteiger partial charge < -0.3 is 5.32 Å². The zero-order valence-corrected chi connectivity index (χ0v) is 20.8. The maximum absolute atomic E-state index is 13.6. The van der Waals surface area contributed by atoms with E-state index in [1.54, 1.807) is 29.5 Å². The highest BCUT2D eigenvalue weighted by Gasteiger charge is 2.24. The van der Waals surface area contributed by atoms with Gasteiger partial charge in [-0.05, 0) is 54.4 Å². The van der Waals surface area contributed by atoms with E-state index >= 15 is 0 Å². The molecule has 6 rings (SSSR count). The van der Waals surface area contributed by atoms with Crippen molar-refractivity contribution in [2.24, 2.45) is 0 Å². The van der Waals surface area contributed by atoms with Crippen LogP contribution in [-0.4, -0.2) is 36.6 Å². The van der Waals surface area contributed by atoms with Crippen molar-refractivity contribution < 1.29 is 9.48 Å². The lowest BCUT2D eigenvalue weighted by Gasteiger charge is -2.17. The summed E-state index contributed by atoms with van der Waals surface area (Å²) in [6.45, 7) is 0. The lowest BCUT2D eigenvalue weighted by Crippen LogP contribution is -2.32. The second-order valence-corrected chi connectivity index (χ2v) is 9.27. The molecule has 1 atom stereocenters. The Morgan fingerprint density at radius 1 is 1.00 bits per heavy atom. The van der Waals surface area contributed by atoms with Crippen LogP contribution in [0.1, 0.15) is 17.2 Å². The van der Waals surface area contributed by atoms with Crippen LogP contribution in [0.2, 0.25) is 5.02 Å². The van der Waals surface area contributed by atoms with Gasteiger partial charge in [-0.1, -0.05) is 53.2 Å². The number of carbonyl (C=O) groups excluding carboxylic acids is 1. The minimum Gasteiger partial charge on any atom is -0.325 e. The molecule has 0 spiro atoms. The van der Waals surface area contributed by atoms with Crippen LogP contribution in [0.25, 0.3) is 27.7 Å². The van der Waals surface area contributed by atoms with Crippen molar-refractivity contribution >= 4 is 34.1 Å². The largest absolute Gasteiger partial charge is 0.325 e. The van der Waals surface area contributed by atoms with Crippen molar-refractivity contribution in [3.05, 3.63) is 114 Å². The van der Waals surface area contributed by atoms with E-state index in [0.717, 1.165) is 33.3 Å². The normalized spacial score (nSPS) is 11.9. The molecule has 0 fully saturated rings. The number of aromatic amines is 2. The van der Waals surface area contributed by atoms with E-state index in [4.69, 9.17) is 16.6 Å². The van der Waals surface area contributed by atoms with Crippen molar-refractivity contribution in [3.63, 3.8) is 0 Å². The van der Waals surface area contributed by atoms with E-state index in [2.05, 4.69) is 31.0 Å². The van der Waals surface area contributed by atoms with Gasteiger partial charge in [-0.3, -0.25) is 14.9 Å². The highest BCUT2D eigenvalue weighted by atomic mass is 35.5. The molecular weight excluding hydrogens is 500 g/mol. The lowest BCUT2D eigenvalue weighted by atomic mass is 9.93. The monoisotopic (exact) mass is 521 g/mol. The molecule has 1 unspecified atom stereocenters. The zero-order chi connectivity index (χ0) is 25.9. The topological polar surface area (TPSA) is 116 Å². The van der Waals surface area contributed by atoms with Gasteiger partial charge in [-0.2, -0.15) is 5.10 Å². The number of H-pyrrole nitrogens is 2. The maximum Gasteiger partial charge on any atom is 0.293 e. The SMILES string of the molecule is O=C(Nc1ccc2cn[nH]c2c1)C(Cc1ccccc1)c1ccc(-c2cc(Cl)ccc2-[n+]2cnn[nH]2)cn1. The Labute approximate surface area is 222 Å². The smallest absolute Gasteiger partial charge is 0.293 e. The molecule has 9 nitrogen and oxygen atoms in total. The average Bonchev–Trinajstić information content (AvgIpc) is 3.65. The molecule has 3 heterocycles. The summed E-state index contributed by atoms with van der Waals surface area (Å²) >= 11 is 6.32. The molecule has 6 aromatic rings. The molecule has 0 aliphatic carbocycles. The van der Waals surface area contributed by atoms with Crippen LogP contribution < -0.4 is 10.00 Å². The first-order valence-corrected chi connectivity index (χ1v) is 12.3. The molecular formula is C28H22ClN8O+. The molecule has 0 radical (unpaired) electrons. The van der Waals surface area contributed by atoms with Gasteiger partial charge in [-0.15, -0.1) is 4.68 Å². The number of tetrazole rings is 1. The first kappa shape index (κ1) is 23.5. The molecule has 0 saturated heterocycles. The second kappa shape index (κ2) is 10.2. The van der Waals surface area contributed by atoms with E-state index in [1.807, 2.05) is 72.8 Å². The predicted octanol–water partition coefficient (Wildman–Crippen LogP) is 4.64. The molecule has 38 heavy (non-hydrogen) atoms. The van der Waals surface area contributed by atoms with Crippen molar-refractivity contribution in [1.29, 1.82) is 0 Å². The fraction of sp³-hybridized carbons (Fsp3) is 0.0714. The Bertz CT molecular complexity index is 1700. The highest BCUT2D eigenvalue weighted by Crippen LogP contribution is 2.29. The molecule has 0 saturated carbocycles. The number of aromatic nitrogens is 7. The van der Waals surface area contributed by atoms with Gasteiger partial charge in [0.2, 0.25) is 5.91 Å². The molecule has 0 aliphatic heterocycles. The number of fused-ring (bicyclic) bond motifs is 1. The molecule has 3 aromatic carbocycles. The number of hydrogen-bond acceptors (Lipinski definition) is 5. The van der Waals surface area contributed by atoms with Gasteiger partial charge in [0.15, 0.2) is 5.21 Å². The Kier molecular flexibility index (Phi) is 6.33. The van der Waals surface area contributed by atoms with Crippen LogP contribution in [0.15, 0.2) is 97.6 Å². The van der Waals surface area contributed by atoms with Gasteiger partial charge in [0.1, 0.15) is 10.8 Å². The molecule has 186 valence electrons. The second-order valence-electron chi connectivity index (χ2n) is 8.84. The average molecular weight is 522 g/mol. The molecule has 1 amide bonds. The Hall–Kier alpha value is -4.89. The molecule has 0 bridgehead atoms. The van der Waals surface area contributed by atoms with E-state index in [-0.39, 0.29) is 5.91 Å². The minimum atomic E-state index is -0.506. The van der Waals surface area contributed by atoms with E-state index < -0.39 is 5.92 Å². The van der Waals surface area contributed by atoms with Crippen molar-refractivity contribution in [1.82, 2.24) is 30.7 Å². The van der Waals surface area contributed by atoms with Crippen LogP contribution in [-0.2, 0) is 11.2 Å². The summed E-state index contributed by atoms with van der Waals surface area (Å²) in [5.74, 6) is -0.649. The maximum atomic E-state index is 13.6. The Morgan fingerprint density at radius 3 is 2.68 bits per heavy atom. The summed E-state index contributed by atoms with van der Waals surface area (Å²) in [6, 6.07) is 25.0. The minimum absolute atomic E-state index is 0.143. The van der Waals surface area contributed by atoms with Crippen LogP contribution in [0.3, 0.4) is 0 Å². The van der Waals surface area contributed by atoms with Crippen LogP contribution in [0.5, 0.6) is 0 Å². The predicted molar refractivity (Wildman–Crippen MR) is 144 cm³/mol. The fourth-order valence-corrected chi connectivity index (χ4v) is 4.61. The van der Waals surface area contributed by atoms with E-state index in [1.165, 1.54) is 0 Å². The molecule has 10 heteroatoms. The summed E-state index contributed by atoms with van der Waals surface area (Å²) in [6.07, 6.45) is 5.59. The van der Waals surface area contributed by atoms with Gasteiger partial charge in [-0.25, -0.2) is 0 Å². The molecule has 0 aliphatic rings. The number of rotatable bonds is 7. The van der Waals surface area contributed by atoms with E-state index in [9.17, 15) is 4.79 Å². The quantitative estimate of drug-likeness (QED) is 0.265. The molecule has 3 N–H and O–H groups in total. The standard InChI is InChI=1S/C28H21ClN8O/c29-21-8-11-27(37-17-32-35-36-37)23(13-21)19-7-10-25(30-15-19)24(12-18-4-2-1-3-5-18)28(38)33-22-9-6-20-16-31-34-26(20)14-22/h1-11,13-17,24H,12H2,(H2,31,33,34,35,36,38)/p+1. The third-order valence-corrected chi connectivity index (χ3v) is 6.59. The summed E-state index contributed by atoms with van der Waals surface area (Å²) in [4.78, 5) is 18.3. The van der Waals surface area contributed by atoms with E-state index in [0.29, 0.717) is 22.8 Å². The van der Waals surface area contributed by atoms with Crippen LogP contribution in [0, 0.1) is 0 Å². The number of amides is 1. The Balaban J connectivity index is 1.33. The summed E-state index contributed by atoms with van der Waals surface area (Å²) < 4.78 is 1.70. The lowest BCUT2D eigenvalue weighted by molar-refractivity contribution is -0.659. The number of carbonyl (C=O) groups is 1. The van der Waals surface area contributed by atoms with Gasteiger partial charge >= 0.3 is 0 Å². The first-order valence-electron chi connectivity index (χ1n) is 12.0. The van der Waals surface area contributed by atoms with Gasteiger partial charge in [0, 0.05) is 33.4 Å². The highest BCUT2D eigenvalue weighted by molar-refractivity contribution is 6.31. The number of halogens is 1. The zero-order valence-electron chi connectivity index (χ0n) is 20.0. The number of nitrogens with one attached hydrogen (secondary N) is 3. The third-order valence-electron chi connectivity index (χ3n) is 6.36. The van der Waals surface area contributed by atoms with Crippen molar-refractivity contribution in [3.8, 4) is 16.8 Å². The number of nitrogens with zero attached hydrogens (tertiary/aromatic N) is 5. The Morgan fingerprint density at radius 2 is 1.89 bits per heavy atom. The number of anilines is 1. The summed E-state index contributed by atoms with van der Waals surface area (Å²) in [5.41, 5.74) is 5.77. The third kappa shape index (κ3) is 4.87. The fourth-order valence-electron chi connectivity index (χ4n) is 4.44. The van der Waals surface area contributed by atoms with Crippen molar-refractivity contribution in [2.75, 3.05) is 5.32 Å².